The minimum atomic E-state index is -3.47. The maximum Gasteiger partial charge on any atom is 0.181 e. The number of hydrogen-bond acceptors (Lipinski definition) is 4. The van der Waals surface area contributed by atoms with Crippen molar-refractivity contribution in [3.63, 3.8) is 0 Å². The van der Waals surface area contributed by atoms with Gasteiger partial charge in [-0.15, -0.1) is 0 Å². The molecule has 0 radical (unpaired) electrons. The zero-order chi connectivity index (χ0) is 13.9. The Morgan fingerprint density at radius 1 is 1.39 bits per heavy atom. The minimum Gasteiger partial charge on any atom is -0.497 e. The fraction of sp³-hybridized carbons (Fsp3) is 0.462. The topological polar surface area (TPSA) is 60.4 Å². The summed E-state index contributed by atoms with van der Waals surface area (Å²) >= 11 is 0. The molecule has 5 heteroatoms. The summed E-state index contributed by atoms with van der Waals surface area (Å²) in [5.41, 5.74) is 0.629. The van der Waals surface area contributed by atoms with Crippen LogP contribution in [0.3, 0.4) is 0 Å². The van der Waals surface area contributed by atoms with E-state index in [1.165, 1.54) is 20.1 Å². The molecule has 0 aliphatic heterocycles. The third-order valence-electron chi connectivity index (χ3n) is 2.79. The first-order chi connectivity index (χ1) is 8.28. The first kappa shape index (κ1) is 14.7. The van der Waals surface area contributed by atoms with E-state index in [9.17, 15) is 13.2 Å². The Kier molecular flexibility index (Phi) is 4.51. The number of benzene rings is 1. The van der Waals surface area contributed by atoms with Crippen LogP contribution in [0.15, 0.2) is 23.1 Å². The zero-order valence-corrected chi connectivity index (χ0v) is 11.9. The molecular formula is C13H18O4S. The average Bonchev–Trinajstić information content (AvgIpc) is 2.27. The summed E-state index contributed by atoms with van der Waals surface area (Å²) < 4.78 is 29.6. The fourth-order valence-electron chi connectivity index (χ4n) is 1.80. The summed E-state index contributed by atoms with van der Waals surface area (Å²) in [5, 5.41) is -0.706. The van der Waals surface area contributed by atoms with Gasteiger partial charge < -0.3 is 4.74 Å². The van der Waals surface area contributed by atoms with Gasteiger partial charge in [0.2, 0.25) is 0 Å². The summed E-state index contributed by atoms with van der Waals surface area (Å²) in [6.07, 6.45) is 0.0355. The van der Waals surface area contributed by atoms with Crippen molar-refractivity contribution >= 4 is 15.6 Å². The van der Waals surface area contributed by atoms with Gasteiger partial charge in [0.05, 0.1) is 17.3 Å². The number of Topliss-reactive ketones (excluding diaryl/α,β-unsaturated/α-hetero) is 1. The Balaban J connectivity index is 3.16. The fourth-order valence-corrected chi connectivity index (χ4v) is 3.45. The van der Waals surface area contributed by atoms with Crippen molar-refractivity contribution < 1.29 is 17.9 Å². The van der Waals surface area contributed by atoms with Crippen LogP contribution in [0, 0.1) is 6.92 Å². The maximum atomic E-state index is 12.3. The van der Waals surface area contributed by atoms with E-state index in [1.54, 1.807) is 26.0 Å². The van der Waals surface area contributed by atoms with Gasteiger partial charge in [0.25, 0.3) is 0 Å². The number of carbonyl (C=O) groups excluding carboxylic acids is 1. The lowest BCUT2D eigenvalue weighted by molar-refractivity contribution is -0.116. The van der Waals surface area contributed by atoms with Gasteiger partial charge in [-0.2, -0.15) is 0 Å². The molecule has 0 heterocycles. The van der Waals surface area contributed by atoms with Crippen molar-refractivity contribution in [3.05, 3.63) is 23.8 Å². The zero-order valence-electron chi connectivity index (χ0n) is 11.1. The van der Waals surface area contributed by atoms with Crippen molar-refractivity contribution in [1.82, 2.24) is 0 Å². The summed E-state index contributed by atoms with van der Waals surface area (Å²) in [4.78, 5) is 11.3. The molecule has 4 nitrogen and oxygen atoms in total. The summed E-state index contributed by atoms with van der Waals surface area (Å²) in [7, 11) is -1.94. The van der Waals surface area contributed by atoms with Crippen molar-refractivity contribution in [2.45, 2.75) is 37.3 Å². The molecule has 0 aliphatic carbocycles. The number of aryl methyl sites for hydroxylation is 1. The van der Waals surface area contributed by atoms with Crippen molar-refractivity contribution in [1.29, 1.82) is 0 Å². The van der Waals surface area contributed by atoms with Crippen LogP contribution in [0.5, 0.6) is 5.75 Å². The largest absolute Gasteiger partial charge is 0.497 e. The van der Waals surface area contributed by atoms with E-state index in [2.05, 4.69) is 0 Å². The lowest BCUT2D eigenvalue weighted by atomic mass is 10.2. The van der Waals surface area contributed by atoms with Gasteiger partial charge in [-0.25, -0.2) is 8.42 Å². The molecule has 0 fully saturated rings. The lowest BCUT2D eigenvalue weighted by Crippen LogP contribution is -2.21. The molecule has 0 N–H and O–H groups in total. The highest BCUT2D eigenvalue weighted by molar-refractivity contribution is 7.92. The number of ketones is 1. The quantitative estimate of drug-likeness (QED) is 0.822. The first-order valence-electron chi connectivity index (χ1n) is 5.67. The third-order valence-corrected chi connectivity index (χ3v) is 5.09. The molecule has 1 unspecified atom stereocenters. The monoisotopic (exact) mass is 270 g/mol. The number of ether oxygens (including phenoxy) is 1. The van der Waals surface area contributed by atoms with E-state index in [0.29, 0.717) is 11.3 Å². The molecule has 100 valence electrons. The smallest absolute Gasteiger partial charge is 0.181 e. The van der Waals surface area contributed by atoms with Gasteiger partial charge in [0, 0.05) is 6.42 Å². The van der Waals surface area contributed by atoms with Gasteiger partial charge in [-0.05, 0) is 44.5 Å². The minimum absolute atomic E-state index is 0.0355. The number of hydrogen-bond donors (Lipinski definition) is 0. The molecule has 1 aromatic rings. The van der Waals surface area contributed by atoms with Crippen molar-refractivity contribution in [3.8, 4) is 5.75 Å². The molecule has 0 aliphatic rings. The first-order valence-corrected chi connectivity index (χ1v) is 7.21. The highest BCUT2D eigenvalue weighted by Gasteiger charge is 2.26. The lowest BCUT2D eigenvalue weighted by Gasteiger charge is -2.14. The van der Waals surface area contributed by atoms with Gasteiger partial charge in [-0.1, -0.05) is 0 Å². The van der Waals surface area contributed by atoms with Crippen LogP contribution < -0.4 is 4.74 Å². The molecule has 1 rings (SSSR count). The standard InChI is InChI=1S/C13H18O4S/c1-9-7-12(17-4)5-6-13(9)18(15,16)11(3)8-10(2)14/h5-7,11H,8H2,1-4H3. The van der Waals surface area contributed by atoms with Crippen molar-refractivity contribution in [2.75, 3.05) is 7.11 Å². The SMILES string of the molecule is COc1ccc(S(=O)(=O)C(C)CC(C)=O)c(C)c1. The second-order valence-electron chi connectivity index (χ2n) is 4.39. The number of rotatable bonds is 5. The predicted molar refractivity (Wildman–Crippen MR) is 69.7 cm³/mol. The molecule has 0 spiro atoms. The molecule has 1 atom stereocenters. The second-order valence-corrected chi connectivity index (χ2v) is 6.73. The van der Waals surface area contributed by atoms with E-state index in [1.807, 2.05) is 0 Å². The molecule has 18 heavy (non-hydrogen) atoms. The highest BCUT2D eigenvalue weighted by Crippen LogP contribution is 2.25. The normalized spacial score (nSPS) is 13.1. The van der Waals surface area contributed by atoms with E-state index < -0.39 is 15.1 Å². The Hall–Kier alpha value is -1.36. The van der Waals surface area contributed by atoms with Crippen LogP contribution in [0.25, 0.3) is 0 Å². The molecular weight excluding hydrogens is 252 g/mol. The van der Waals surface area contributed by atoms with Gasteiger partial charge in [0.1, 0.15) is 11.5 Å². The number of methoxy groups -OCH3 is 1. The predicted octanol–water partition coefficient (Wildman–Crippen LogP) is 2.14. The molecule has 0 amide bonds. The maximum absolute atomic E-state index is 12.3. The van der Waals surface area contributed by atoms with Crippen LogP contribution in [0.1, 0.15) is 25.8 Å². The number of carbonyl (C=O) groups is 1. The highest BCUT2D eigenvalue weighted by atomic mass is 32.2. The summed E-state index contributed by atoms with van der Waals surface area (Å²) in [6.45, 7) is 4.67. The van der Waals surface area contributed by atoms with E-state index in [0.717, 1.165) is 0 Å². The third kappa shape index (κ3) is 3.10. The molecule has 1 aromatic carbocycles. The van der Waals surface area contributed by atoms with Crippen LogP contribution in [-0.2, 0) is 14.6 Å². The van der Waals surface area contributed by atoms with Gasteiger partial charge in [-0.3, -0.25) is 4.79 Å². The number of sulfone groups is 1. The van der Waals surface area contributed by atoms with Crippen LogP contribution >= 0.6 is 0 Å². The van der Waals surface area contributed by atoms with Crippen LogP contribution in [-0.4, -0.2) is 26.6 Å². The molecule has 0 aromatic heterocycles. The average molecular weight is 270 g/mol. The Morgan fingerprint density at radius 2 is 2.00 bits per heavy atom. The van der Waals surface area contributed by atoms with Gasteiger partial charge >= 0.3 is 0 Å². The Bertz CT molecular complexity index is 546. The van der Waals surface area contributed by atoms with E-state index in [-0.39, 0.29) is 17.1 Å². The molecule has 0 bridgehead atoms. The Labute approximate surface area is 108 Å². The Morgan fingerprint density at radius 3 is 2.44 bits per heavy atom. The van der Waals surface area contributed by atoms with Crippen molar-refractivity contribution in [2.24, 2.45) is 0 Å². The van der Waals surface area contributed by atoms with Crippen LogP contribution in [0.4, 0.5) is 0 Å². The molecule has 0 saturated heterocycles. The van der Waals surface area contributed by atoms with E-state index in [4.69, 9.17) is 4.74 Å². The summed E-state index contributed by atoms with van der Waals surface area (Å²) in [5.74, 6) is 0.489. The molecule has 0 saturated carbocycles. The van der Waals surface area contributed by atoms with Crippen LogP contribution in [0.2, 0.25) is 0 Å². The second kappa shape index (κ2) is 5.52. The van der Waals surface area contributed by atoms with Gasteiger partial charge in [0.15, 0.2) is 9.84 Å². The van der Waals surface area contributed by atoms with E-state index >= 15 is 0 Å². The summed E-state index contributed by atoms with van der Waals surface area (Å²) in [6, 6.07) is 4.81.